The van der Waals surface area contributed by atoms with Gasteiger partial charge >= 0.3 is 21.3 Å². The molecule has 1 fully saturated rings. The zero-order valence-electron chi connectivity index (χ0n) is 17.7. The van der Waals surface area contributed by atoms with E-state index in [1.54, 1.807) is 0 Å². The Kier molecular flexibility index (Phi) is 7.15. The van der Waals surface area contributed by atoms with Gasteiger partial charge in [0, 0.05) is 17.6 Å². The fourth-order valence-electron chi connectivity index (χ4n) is 3.54. The van der Waals surface area contributed by atoms with Gasteiger partial charge in [0.25, 0.3) is 5.56 Å². The van der Waals surface area contributed by atoms with E-state index in [2.05, 4.69) is 14.0 Å². The summed E-state index contributed by atoms with van der Waals surface area (Å²) in [6, 6.07) is 4.94. The van der Waals surface area contributed by atoms with Gasteiger partial charge in [0.1, 0.15) is 24.0 Å². The Labute approximate surface area is 198 Å². The molecule has 0 amide bonds. The molecule has 1 aromatic carbocycles. The summed E-state index contributed by atoms with van der Waals surface area (Å²) < 4.78 is 56.0. The first kappa shape index (κ1) is 26.5. The van der Waals surface area contributed by atoms with Gasteiger partial charge in [-0.15, -0.1) is 0 Å². The summed E-state index contributed by atoms with van der Waals surface area (Å²) in [5.74, 6) is -0.701. The van der Waals surface area contributed by atoms with Crippen molar-refractivity contribution in [3.63, 3.8) is 0 Å². The van der Waals surface area contributed by atoms with E-state index >= 15 is 0 Å². The van der Waals surface area contributed by atoms with E-state index in [4.69, 9.17) is 19.0 Å². The van der Waals surface area contributed by atoms with Crippen molar-refractivity contribution < 1.29 is 56.5 Å². The van der Waals surface area contributed by atoms with E-state index in [1.807, 2.05) is 0 Å². The number of halogens is 1. The fraction of sp³-hybridized carbons (Fsp3) is 0.353. The van der Waals surface area contributed by atoms with E-state index in [0.29, 0.717) is 4.57 Å². The van der Waals surface area contributed by atoms with Gasteiger partial charge in [-0.25, -0.2) is 18.3 Å². The van der Waals surface area contributed by atoms with Gasteiger partial charge in [0.2, 0.25) is 5.58 Å². The minimum Gasteiger partial charge on any atom is -0.387 e. The number of fused-ring (bicyclic) bond motifs is 1. The van der Waals surface area contributed by atoms with Crippen LogP contribution in [0.4, 0.5) is 4.39 Å². The number of phosphoric ester groups is 1. The first-order valence-corrected chi connectivity index (χ1v) is 12.9. The van der Waals surface area contributed by atoms with E-state index in [0.717, 1.165) is 22.9 Å². The van der Waals surface area contributed by atoms with Crippen LogP contribution in [0.1, 0.15) is 11.9 Å². The van der Waals surface area contributed by atoms with Gasteiger partial charge in [-0.3, -0.25) is 18.5 Å². The van der Waals surface area contributed by atoms with Crippen molar-refractivity contribution >= 4 is 26.6 Å². The molecule has 4 rings (SSSR count). The number of aliphatic hydroxyl groups is 2. The average molecular weight is 553 g/mol. The van der Waals surface area contributed by atoms with Crippen LogP contribution in [0.15, 0.2) is 44.6 Å². The molecule has 16 nitrogen and oxygen atoms in total. The second-order valence-corrected chi connectivity index (χ2v) is 10.4. The molecule has 0 saturated carbocycles. The molecule has 0 radical (unpaired) electrons. The molecule has 3 aromatic rings. The number of phosphoric acid groups is 2. The highest BCUT2D eigenvalue weighted by Crippen LogP contribution is 2.57. The number of benzene rings is 1. The van der Waals surface area contributed by atoms with Crippen LogP contribution < -0.4 is 11.2 Å². The van der Waals surface area contributed by atoms with Crippen molar-refractivity contribution in [2.45, 2.75) is 31.1 Å². The topological polar surface area (TPSA) is 233 Å². The largest absolute Gasteiger partial charge is 0.481 e. The second kappa shape index (κ2) is 9.72. The number of para-hydroxylation sites is 1. The molecule has 0 aliphatic carbocycles. The van der Waals surface area contributed by atoms with Gasteiger partial charge in [-0.2, -0.15) is 4.31 Å². The quantitative estimate of drug-likeness (QED) is 0.215. The van der Waals surface area contributed by atoms with Crippen LogP contribution >= 0.6 is 15.6 Å². The normalized spacial score (nSPS) is 24.3. The minimum absolute atomic E-state index is 0.0596. The first-order chi connectivity index (χ1) is 16.8. The number of nitrogens with zero attached hydrogens (tertiary/aromatic N) is 3. The van der Waals surface area contributed by atoms with Crippen LogP contribution in [-0.4, -0.2) is 64.1 Å². The highest BCUT2D eigenvalue weighted by Gasteiger charge is 2.46. The summed E-state index contributed by atoms with van der Waals surface area (Å²) in [5.41, 5.74) is -1.93. The third-order valence-electron chi connectivity index (χ3n) is 5.15. The molecule has 196 valence electrons. The van der Waals surface area contributed by atoms with Crippen LogP contribution in [0.25, 0.3) is 11.0 Å². The molecule has 5 atom stereocenters. The van der Waals surface area contributed by atoms with Crippen molar-refractivity contribution in [3.8, 4) is 0 Å². The maximum atomic E-state index is 13.9. The summed E-state index contributed by atoms with van der Waals surface area (Å²) >= 11 is 0. The SMILES string of the molecule is O=c1ccn([C@@H]2O[C@H](COP(=O)(O)OP(=O)(O)O)[C@H](O)C2O)c(=O)n1Cc1noc2c(F)cccc12. The van der Waals surface area contributed by atoms with E-state index in [-0.39, 0.29) is 16.7 Å². The Morgan fingerprint density at radius 2 is 1.83 bits per heavy atom. The molecule has 1 aliphatic heterocycles. The van der Waals surface area contributed by atoms with Gasteiger partial charge in [0.15, 0.2) is 12.0 Å². The summed E-state index contributed by atoms with van der Waals surface area (Å²) in [7, 11) is -10.7. The molecular formula is C17H18FN3O13P2. The molecule has 2 unspecified atom stereocenters. The molecule has 0 spiro atoms. The smallest absolute Gasteiger partial charge is 0.387 e. The predicted molar refractivity (Wildman–Crippen MR) is 113 cm³/mol. The molecule has 0 bridgehead atoms. The molecule has 19 heteroatoms. The summed E-state index contributed by atoms with van der Waals surface area (Å²) in [6.07, 6.45) is -5.79. The summed E-state index contributed by atoms with van der Waals surface area (Å²) in [5, 5.41) is 24.5. The Balaban J connectivity index is 1.57. The average Bonchev–Trinajstić information content (AvgIpc) is 3.31. The van der Waals surface area contributed by atoms with Gasteiger partial charge in [-0.05, 0) is 12.1 Å². The monoisotopic (exact) mass is 553 g/mol. The maximum Gasteiger partial charge on any atom is 0.481 e. The van der Waals surface area contributed by atoms with Crippen molar-refractivity contribution in [2.24, 2.45) is 0 Å². The van der Waals surface area contributed by atoms with Crippen molar-refractivity contribution in [2.75, 3.05) is 6.61 Å². The number of rotatable bonds is 8. The van der Waals surface area contributed by atoms with Crippen LogP contribution in [0.5, 0.6) is 0 Å². The maximum absolute atomic E-state index is 13.9. The van der Waals surface area contributed by atoms with Gasteiger partial charge < -0.3 is 34.2 Å². The van der Waals surface area contributed by atoms with E-state index in [9.17, 15) is 38.2 Å². The number of hydrogen-bond donors (Lipinski definition) is 5. The predicted octanol–water partition coefficient (Wildman–Crippen LogP) is -0.816. The lowest BCUT2D eigenvalue weighted by Gasteiger charge is -2.19. The molecule has 1 saturated heterocycles. The van der Waals surface area contributed by atoms with E-state index < -0.39 is 70.4 Å². The number of aliphatic hydroxyl groups excluding tert-OH is 2. The number of hydrogen-bond acceptors (Lipinski definition) is 11. The van der Waals surface area contributed by atoms with Crippen molar-refractivity contribution in [3.05, 3.63) is 62.8 Å². The third kappa shape index (κ3) is 5.40. The Bertz CT molecular complexity index is 1500. The molecule has 2 aromatic heterocycles. The van der Waals surface area contributed by atoms with Gasteiger partial charge in [-0.1, -0.05) is 11.2 Å². The summed E-state index contributed by atoms with van der Waals surface area (Å²) in [4.78, 5) is 52.0. The van der Waals surface area contributed by atoms with Crippen LogP contribution in [0, 0.1) is 5.82 Å². The lowest BCUT2D eigenvalue weighted by Crippen LogP contribution is -2.43. The Hall–Kier alpha value is -2.56. The minimum atomic E-state index is -5.40. The lowest BCUT2D eigenvalue weighted by atomic mass is 10.1. The zero-order chi connectivity index (χ0) is 26.4. The number of ether oxygens (including phenoxy) is 1. The molecule has 36 heavy (non-hydrogen) atoms. The molecular weight excluding hydrogens is 535 g/mol. The first-order valence-electron chi connectivity index (χ1n) is 9.88. The lowest BCUT2D eigenvalue weighted by molar-refractivity contribution is -0.0547. The van der Waals surface area contributed by atoms with Gasteiger partial charge in [0.05, 0.1) is 13.2 Å². The Morgan fingerprint density at radius 3 is 2.53 bits per heavy atom. The van der Waals surface area contributed by atoms with Crippen molar-refractivity contribution in [1.82, 2.24) is 14.3 Å². The highest BCUT2D eigenvalue weighted by molar-refractivity contribution is 7.60. The second-order valence-electron chi connectivity index (χ2n) is 7.56. The standard InChI is InChI=1S/C17H18FN3O13P2/c18-9-3-1-2-8-10(19-33-15(8)9)6-21-12(22)4-5-20(17(21)25)16-14(24)13(23)11(32-16)7-31-36(29,30)34-35(26,27)28/h1-5,11,13-14,16,23-24H,6-7H2,(H,29,30)(H2,26,27,28)/t11-,13+,14?,16-/m1/s1. The van der Waals surface area contributed by atoms with Crippen molar-refractivity contribution in [1.29, 1.82) is 0 Å². The van der Waals surface area contributed by atoms with Crippen LogP contribution in [-0.2, 0) is 29.2 Å². The Morgan fingerprint density at radius 1 is 1.11 bits per heavy atom. The number of aromatic nitrogens is 3. The molecule has 5 N–H and O–H groups in total. The molecule has 1 aliphatic rings. The highest BCUT2D eigenvalue weighted by atomic mass is 31.3. The zero-order valence-corrected chi connectivity index (χ0v) is 19.5. The summed E-state index contributed by atoms with van der Waals surface area (Å²) in [6.45, 7) is -1.42. The van der Waals surface area contributed by atoms with Crippen LogP contribution in [0.2, 0.25) is 0 Å². The fourth-order valence-corrected chi connectivity index (χ4v) is 5.13. The van der Waals surface area contributed by atoms with Crippen LogP contribution in [0.3, 0.4) is 0 Å². The molecule has 3 heterocycles. The third-order valence-corrected chi connectivity index (χ3v) is 7.30. The van der Waals surface area contributed by atoms with E-state index in [1.165, 1.54) is 12.1 Å².